The van der Waals surface area contributed by atoms with E-state index < -0.39 is 0 Å². The van der Waals surface area contributed by atoms with Crippen LogP contribution in [0.4, 0.5) is 0 Å². The molecule has 1 unspecified atom stereocenters. The van der Waals surface area contributed by atoms with Gasteiger partial charge in [0.05, 0.1) is 6.04 Å². The van der Waals surface area contributed by atoms with Crippen LogP contribution in [0.2, 0.25) is 0 Å². The summed E-state index contributed by atoms with van der Waals surface area (Å²) in [6.45, 7) is 2.11. The molecule has 1 rings (SSSR count). The monoisotopic (exact) mass is 188 g/mol. The second-order valence-electron chi connectivity index (χ2n) is 1.99. The minimum atomic E-state index is 0.458. The van der Waals surface area contributed by atoms with E-state index in [0.717, 1.165) is 5.33 Å². The number of alkyl halides is 1. The maximum atomic E-state index is 4.07. The fraction of sp³-hybridized carbons (Fsp3) is 0.500. The van der Waals surface area contributed by atoms with Crippen molar-refractivity contribution in [3.63, 3.8) is 0 Å². The topological polar surface area (TPSA) is 17.8 Å². The second-order valence-corrected chi connectivity index (χ2v) is 2.64. The summed E-state index contributed by atoms with van der Waals surface area (Å²) >= 11 is 3.38. The molecule has 0 aliphatic rings. The number of aromatic nitrogens is 2. The zero-order chi connectivity index (χ0) is 6.69. The molecule has 0 amide bonds. The highest BCUT2D eigenvalue weighted by Crippen LogP contribution is 2.05. The van der Waals surface area contributed by atoms with E-state index in [9.17, 15) is 0 Å². The quantitative estimate of drug-likeness (QED) is 0.649. The first-order valence-electron chi connectivity index (χ1n) is 2.89. The Balaban J connectivity index is 2.65. The third-order valence-electron chi connectivity index (χ3n) is 1.20. The molecule has 0 saturated heterocycles. The number of hydrogen-bond acceptors (Lipinski definition) is 1. The molecule has 0 aromatic carbocycles. The molecule has 0 N–H and O–H groups in total. The Hall–Kier alpha value is -0.310. The molecular formula is C6H9BrN2. The number of rotatable bonds is 2. The molecule has 1 aromatic heterocycles. The molecular weight excluding hydrogens is 180 g/mol. The lowest BCUT2D eigenvalue weighted by molar-refractivity contribution is 0.543. The van der Waals surface area contributed by atoms with E-state index >= 15 is 0 Å². The molecule has 0 spiro atoms. The van der Waals surface area contributed by atoms with Crippen LogP contribution in [0.5, 0.6) is 0 Å². The maximum Gasteiger partial charge on any atom is 0.0587 e. The zero-order valence-corrected chi connectivity index (χ0v) is 6.87. The van der Waals surface area contributed by atoms with Gasteiger partial charge in [-0.15, -0.1) is 0 Å². The molecule has 50 valence electrons. The van der Waals surface area contributed by atoms with Gasteiger partial charge in [-0.1, -0.05) is 15.9 Å². The lowest BCUT2D eigenvalue weighted by Gasteiger charge is -2.05. The zero-order valence-electron chi connectivity index (χ0n) is 5.29. The number of nitrogens with zero attached hydrogens (tertiary/aromatic N) is 2. The Kier molecular flexibility index (Phi) is 2.28. The van der Waals surface area contributed by atoms with E-state index in [1.54, 1.807) is 6.20 Å². The van der Waals surface area contributed by atoms with Gasteiger partial charge in [0.25, 0.3) is 0 Å². The number of hydrogen-bond donors (Lipinski definition) is 0. The minimum Gasteiger partial charge on any atom is -0.269 e. The van der Waals surface area contributed by atoms with E-state index in [0.29, 0.717) is 6.04 Å². The van der Waals surface area contributed by atoms with Gasteiger partial charge in [0.1, 0.15) is 0 Å². The van der Waals surface area contributed by atoms with E-state index in [-0.39, 0.29) is 0 Å². The van der Waals surface area contributed by atoms with Crippen molar-refractivity contribution in [3.05, 3.63) is 18.5 Å². The smallest absolute Gasteiger partial charge is 0.0587 e. The van der Waals surface area contributed by atoms with Gasteiger partial charge in [0, 0.05) is 17.7 Å². The van der Waals surface area contributed by atoms with Gasteiger partial charge in [0.2, 0.25) is 0 Å². The Bertz CT molecular complexity index is 160. The molecule has 1 heterocycles. The predicted molar refractivity (Wildman–Crippen MR) is 40.7 cm³/mol. The first kappa shape index (κ1) is 6.81. The first-order valence-corrected chi connectivity index (χ1v) is 4.02. The van der Waals surface area contributed by atoms with Crippen molar-refractivity contribution in [1.82, 2.24) is 9.78 Å². The Morgan fingerprint density at radius 2 is 2.56 bits per heavy atom. The number of halogens is 1. The standard InChI is InChI=1S/C6H9BrN2/c1-6(5-7)9-4-2-3-8-9/h2-4,6H,5H2,1H3. The summed E-state index contributed by atoms with van der Waals surface area (Å²) in [7, 11) is 0. The second kappa shape index (κ2) is 3.01. The largest absolute Gasteiger partial charge is 0.269 e. The Morgan fingerprint density at radius 3 is 3.00 bits per heavy atom. The van der Waals surface area contributed by atoms with E-state index in [2.05, 4.69) is 28.0 Å². The predicted octanol–water partition coefficient (Wildman–Crippen LogP) is 1.84. The fourth-order valence-corrected chi connectivity index (χ4v) is 0.909. The summed E-state index contributed by atoms with van der Waals surface area (Å²) in [5.74, 6) is 0. The molecule has 1 aromatic rings. The summed E-state index contributed by atoms with van der Waals surface area (Å²) < 4.78 is 1.93. The molecule has 3 heteroatoms. The minimum absolute atomic E-state index is 0.458. The van der Waals surface area contributed by atoms with Crippen molar-refractivity contribution in [1.29, 1.82) is 0 Å². The van der Waals surface area contributed by atoms with Gasteiger partial charge in [-0.2, -0.15) is 5.10 Å². The summed E-state index contributed by atoms with van der Waals surface area (Å²) in [6.07, 6.45) is 3.76. The van der Waals surface area contributed by atoms with Crippen LogP contribution in [0.3, 0.4) is 0 Å². The third kappa shape index (κ3) is 1.55. The molecule has 0 radical (unpaired) electrons. The summed E-state index contributed by atoms with van der Waals surface area (Å²) in [6, 6.07) is 2.39. The van der Waals surface area contributed by atoms with E-state index in [1.807, 2.05) is 16.9 Å². The highest BCUT2D eigenvalue weighted by Gasteiger charge is 1.98. The summed E-state index contributed by atoms with van der Waals surface area (Å²) in [4.78, 5) is 0. The molecule has 2 nitrogen and oxygen atoms in total. The molecule has 9 heavy (non-hydrogen) atoms. The van der Waals surface area contributed by atoms with Crippen molar-refractivity contribution >= 4 is 15.9 Å². The van der Waals surface area contributed by atoms with Gasteiger partial charge >= 0.3 is 0 Å². The van der Waals surface area contributed by atoms with Crippen LogP contribution in [0.25, 0.3) is 0 Å². The average Bonchev–Trinajstić information content (AvgIpc) is 2.37. The van der Waals surface area contributed by atoms with E-state index in [4.69, 9.17) is 0 Å². The van der Waals surface area contributed by atoms with Crippen molar-refractivity contribution < 1.29 is 0 Å². The van der Waals surface area contributed by atoms with Gasteiger partial charge < -0.3 is 0 Å². The summed E-state index contributed by atoms with van der Waals surface area (Å²) in [5.41, 5.74) is 0. The lowest BCUT2D eigenvalue weighted by atomic mass is 10.4. The van der Waals surface area contributed by atoms with Crippen LogP contribution >= 0.6 is 15.9 Å². The molecule has 0 aliphatic heterocycles. The van der Waals surface area contributed by atoms with Gasteiger partial charge in [-0.25, -0.2) is 0 Å². The molecule has 1 atom stereocenters. The lowest BCUT2D eigenvalue weighted by Crippen LogP contribution is -2.05. The first-order chi connectivity index (χ1) is 4.34. The van der Waals surface area contributed by atoms with Crippen LogP contribution in [0, 0.1) is 0 Å². The highest BCUT2D eigenvalue weighted by atomic mass is 79.9. The van der Waals surface area contributed by atoms with Crippen LogP contribution in [0.1, 0.15) is 13.0 Å². The third-order valence-corrected chi connectivity index (χ3v) is 2.14. The summed E-state index contributed by atoms with van der Waals surface area (Å²) in [5, 5.41) is 5.03. The fourth-order valence-electron chi connectivity index (χ4n) is 0.612. The van der Waals surface area contributed by atoms with Crippen molar-refractivity contribution in [3.8, 4) is 0 Å². The van der Waals surface area contributed by atoms with Gasteiger partial charge in [-0.05, 0) is 13.0 Å². The molecule has 0 saturated carbocycles. The van der Waals surface area contributed by atoms with Crippen molar-refractivity contribution in [2.45, 2.75) is 13.0 Å². The van der Waals surface area contributed by atoms with Crippen LogP contribution in [-0.2, 0) is 0 Å². The molecule has 0 fully saturated rings. The van der Waals surface area contributed by atoms with Crippen LogP contribution in [0.15, 0.2) is 18.5 Å². The van der Waals surface area contributed by atoms with Gasteiger partial charge in [0.15, 0.2) is 0 Å². The SMILES string of the molecule is CC(CBr)n1cccn1. The van der Waals surface area contributed by atoms with Crippen LogP contribution in [-0.4, -0.2) is 15.1 Å². The van der Waals surface area contributed by atoms with Crippen molar-refractivity contribution in [2.24, 2.45) is 0 Å². The Labute approximate surface area is 63.0 Å². The maximum absolute atomic E-state index is 4.07. The van der Waals surface area contributed by atoms with E-state index in [1.165, 1.54) is 0 Å². The highest BCUT2D eigenvalue weighted by molar-refractivity contribution is 9.09. The van der Waals surface area contributed by atoms with Crippen LogP contribution < -0.4 is 0 Å². The molecule has 0 bridgehead atoms. The average molecular weight is 189 g/mol. The Morgan fingerprint density at radius 1 is 1.78 bits per heavy atom. The molecule has 0 aliphatic carbocycles. The van der Waals surface area contributed by atoms with Gasteiger partial charge in [-0.3, -0.25) is 4.68 Å². The normalized spacial score (nSPS) is 13.6. The van der Waals surface area contributed by atoms with Crippen molar-refractivity contribution in [2.75, 3.05) is 5.33 Å².